The van der Waals surface area contributed by atoms with Crippen LogP contribution in [0.15, 0.2) is 54.6 Å². The SMILES string of the molecule is S=C(Nc1ccccc1Cl)N1CCN(c2ccccc2)CC1. The maximum absolute atomic E-state index is 6.16. The van der Waals surface area contributed by atoms with Crippen molar-refractivity contribution in [3.05, 3.63) is 59.6 Å². The second kappa shape index (κ2) is 6.99. The van der Waals surface area contributed by atoms with Gasteiger partial charge < -0.3 is 15.1 Å². The van der Waals surface area contributed by atoms with Gasteiger partial charge in [-0.1, -0.05) is 41.9 Å². The fourth-order valence-electron chi connectivity index (χ4n) is 2.56. The van der Waals surface area contributed by atoms with Crippen molar-refractivity contribution in [1.82, 2.24) is 4.90 Å². The topological polar surface area (TPSA) is 18.5 Å². The lowest BCUT2D eigenvalue weighted by Crippen LogP contribution is -2.50. The van der Waals surface area contributed by atoms with Crippen molar-refractivity contribution in [2.45, 2.75) is 0 Å². The van der Waals surface area contributed by atoms with Crippen LogP contribution < -0.4 is 10.2 Å². The number of thiocarbonyl (C=S) groups is 1. The van der Waals surface area contributed by atoms with Crippen LogP contribution >= 0.6 is 23.8 Å². The zero-order chi connectivity index (χ0) is 15.4. The van der Waals surface area contributed by atoms with Gasteiger partial charge in [0.1, 0.15) is 0 Å². The largest absolute Gasteiger partial charge is 0.368 e. The molecule has 114 valence electrons. The molecule has 0 radical (unpaired) electrons. The monoisotopic (exact) mass is 331 g/mol. The number of piperazine rings is 1. The summed E-state index contributed by atoms with van der Waals surface area (Å²) in [6, 6.07) is 18.2. The van der Waals surface area contributed by atoms with Crippen LogP contribution in [-0.4, -0.2) is 36.2 Å². The standard InChI is InChI=1S/C17H18ClN3S/c18-15-8-4-5-9-16(15)19-17(22)21-12-10-20(11-13-21)14-6-2-1-3-7-14/h1-9H,10-13H2,(H,19,22). The number of anilines is 2. The van der Waals surface area contributed by atoms with E-state index < -0.39 is 0 Å². The van der Waals surface area contributed by atoms with Crippen LogP contribution in [0.2, 0.25) is 5.02 Å². The first-order valence-electron chi connectivity index (χ1n) is 7.34. The molecule has 1 saturated heterocycles. The van der Waals surface area contributed by atoms with Gasteiger partial charge in [-0.15, -0.1) is 0 Å². The average molecular weight is 332 g/mol. The van der Waals surface area contributed by atoms with Crippen molar-refractivity contribution in [1.29, 1.82) is 0 Å². The number of benzene rings is 2. The van der Waals surface area contributed by atoms with Crippen LogP contribution in [0.3, 0.4) is 0 Å². The molecule has 1 aliphatic heterocycles. The normalized spacial score (nSPS) is 14.8. The first-order valence-corrected chi connectivity index (χ1v) is 8.13. The molecule has 2 aromatic rings. The minimum atomic E-state index is 0.688. The molecule has 0 aliphatic carbocycles. The lowest BCUT2D eigenvalue weighted by atomic mass is 10.2. The smallest absolute Gasteiger partial charge is 0.173 e. The zero-order valence-corrected chi connectivity index (χ0v) is 13.8. The zero-order valence-electron chi connectivity index (χ0n) is 12.2. The molecule has 0 spiro atoms. The van der Waals surface area contributed by atoms with Crippen LogP contribution in [0.25, 0.3) is 0 Å². The lowest BCUT2D eigenvalue weighted by Gasteiger charge is -2.37. The van der Waals surface area contributed by atoms with E-state index in [0.29, 0.717) is 5.02 Å². The van der Waals surface area contributed by atoms with E-state index in [4.69, 9.17) is 23.8 Å². The number of hydrogen-bond donors (Lipinski definition) is 1. The Hall–Kier alpha value is -1.78. The van der Waals surface area contributed by atoms with E-state index in [0.717, 1.165) is 37.0 Å². The van der Waals surface area contributed by atoms with E-state index in [-0.39, 0.29) is 0 Å². The molecule has 0 saturated carbocycles. The Morgan fingerprint density at radius 3 is 2.23 bits per heavy atom. The molecule has 3 rings (SSSR count). The predicted molar refractivity (Wildman–Crippen MR) is 97.9 cm³/mol. The van der Waals surface area contributed by atoms with Crippen molar-refractivity contribution in [2.75, 3.05) is 36.4 Å². The average Bonchev–Trinajstić information content (AvgIpc) is 2.58. The van der Waals surface area contributed by atoms with Gasteiger partial charge in [-0.3, -0.25) is 0 Å². The number of nitrogens with zero attached hydrogens (tertiary/aromatic N) is 2. The van der Waals surface area contributed by atoms with Gasteiger partial charge in [0.05, 0.1) is 10.7 Å². The molecule has 2 aromatic carbocycles. The molecule has 0 bridgehead atoms. The highest BCUT2D eigenvalue weighted by Gasteiger charge is 2.19. The molecule has 22 heavy (non-hydrogen) atoms. The number of nitrogens with one attached hydrogen (secondary N) is 1. The summed E-state index contributed by atoms with van der Waals surface area (Å²) in [5, 5.41) is 4.67. The molecule has 0 amide bonds. The molecule has 1 aliphatic rings. The van der Waals surface area contributed by atoms with Crippen molar-refractivity contribution in [3.8, 4) is 0 Å². The fraction of sp³-hybridized carbons (Fsp3) is 0.235. The molecule has 3 nitrogen and oxygen atoms in total. The van der Waals surface area contributed by atoms with Gasteiger partial charge in [0.25, 0.3) is 0 Å². The minimum Gasteiger partial charge on any atom is -0.368 e. The highest BCUT2D eigenvalue weighted by Crippen LogP contribution is 2.21. The third-order valence-electron chi connectivity index (χ3n) is 3.80. The molecule has 0 aromatic heterocycles. The van der Waals surface area contributed by atoms with Crippen molar-refractivity contribution in [3.63, 3.8) is 0 Å². The van der Waals surface area contributed by atoms with Crippen molar-refractivity contribution >= 4 is 40.3 Å². The second-order valence-electron chi connectivity index (χ2n) is 5.22. The molecule has 1 N–H and O–H groups in total. The van der Waals surface area contributed by atoms with E-state index in [1.165, 1.54) is 5.69 Å². The summed E-state index contributed by atoms with van der Waals surface area (Å²) in [4.78, 5) is 4.58. The van der Waals surface area contributed by atoms with Crippen LogP contribution in [0.4, 0.5) is 11.4 Å². The molecular formula is C17H18ClN3S. The predicted octanol–water partition coefficient (Wildman–Crippen LogP) is 3.86. The van der Waals surface area contributed by atoms with Crippen LogP contribution in [0.5, 0.6) is 0 Å². The summed E-state index contributed by atoms with van der Waals surface area (Å²) in [6.45, 7) is 3.75. The van der Waals surface area contributed by atoms with E-state index in [9.17, 15) is 0 Å². The van der Waals surface area contributed by atoms with Crippen molar-refractivity contribution in [2.24, 2.45) is 0 Å². The molecule has 0 atom stereocenters. The summed E-state index contributed by atoms with van der Waals surface area (Å²) in [7, 11) is 0. The van der Waals surface area contributed by atoms with Gasteiger partial charge >= 0.3 is 0 Å². The van der Waals surface area contributed by atoms with Gasteiger partial charge in [-0.2, -0.15) is 0 Å². The maximum Gasteiger partial charge on any atom is 0.173 e. The lowest BCUT2D eigenvalue weighted by molar-refractivity contribution is 0.391. The summed E-state index contributed by atoms with van der Waals surface area (Å²) in [5.41, 5.74) is 2.13. The van der Waals surface area contributed by atoms with Gasteiger partial charge in [0.2, 0.25) is 0 Å². The Morgan fingerprint density at radius 2 is 1.55 bits per heavy atom. The highest BCUT2D eigenvalue weighted by atomic mass is 35.5. The summed E-state index contributed by atoms with van der Waals surface area (Å²) in [5.74, 6) is 0. The molecular weight excluding hydrogens is 314 g/mol. The molecule has 5 heteroatoms. The third kappa shape index (κ3) is 3.51. The summed E-state index contributed by atoms with van der Waals surface area (Å²) in [6.07, 6.45) is 0. The first kappa shape index (κ1) is 15.1. The highest BCUT2D eigenvalue weighted by molar-refractivity contribution is 7.80. The van der Waals surface area contributed by atoms with E-state index >= 15 is 0 Å². The second-order valence-corrected chi connectivity index (χ2v) is 6.01. The first-order chi connectivity index (χ1) is 10.7. The van der Waals surface area contributed by atoms with Gasteiger partial charge in [-0.05, 0) is 36.5 Å². The Kier molecular flexibility index (Phi) is 4.80. The van der Waals surface area contributed by atoms with Gasteiger partial charge in [0, 0.05) is 31.9 Å². The van der Waals surface area contributed by atoms with Gasteiger partial charge in [0.15, 0.2) is 5.11 Å². The van der Waals surface area contributed by atoms with Crippen LogP contribution in [-0.2, 0) is 0 Å². The number of para-hydroxylation sites is 2. The number of hydrogen-bond acceptors (Lipinski definition) is 2. The third-order valence-corrected chi connectivity index (χ3v) is 4.49. The van der Waals surface area contributed by atoms with E-state index in [1.807, 2.05) is 30.3 Å². The number of halogens is 1. The fourth-order valence-corrected chi connectivity index (χ4v) is 3.04. The molecule has 1 fully saturated rings. The Bertz CT molecular complexity index is 639. The number of rotatable bonds is 2. The summed E-state index contributed by atoms with van der Waals surface area (Å²) >= 11 is 11.7. The van der Waals surface area contributed by atoms with Crippen molar-refractivity contribution < 1.29 is 0 Å². The molecule has 1 heterocycles. The van der Waals surface area contributed by atoms with E-state index in [2.05, 4.69) is 39.4 Å². The minimum absolute atomic E-state index is 0.688. The maximum atomic E-state index is 6.16. The summed E-state index contributed by atoms with van der Waals surface area (Å²) < 4.78 is 0. The Labute approximate surface area is 141 Å². The van der Waals surface area contributed by atoms with E-state index in [1.54, 1.807) is 0 Å². The Balaban J connectivity index is 1.57. The molecule has 0 unspecified atom stereocenters. The van der Waals surface area contributed by atoms with Crippen LogP contribution in [0.1, 0.15) is 0 Å². The van der Waals surface area contributed by atoms with Crippen LogP contribution in [0, 0.1) is 0 Å². The quantitative estimate of drug-likeness (QED) is 0.842. The van der Waals surface area contributed by atoms with Gasteiger partial charge in [-0.25, -0.2) is 0 Å². The Morgan fingerprint density at radius 1 is 0.909 bits per heavy atom.